The molecule has 0 amide bonds. The van der Waals surface area contributed by atoms with Gasteiger partial charge in [0.1, 0.15) is 16.5 Å². The Morgan fingerprint density at radius 1 is 1.42 bits per heavy atom. The first-order valence-corrected chi connectivity index (χ1v) is 9.19. The minimum Gasteiger partial charge on any atom is -0.495 e. The second-order valence-corrected chi connectivity index (χ2v) is 7.52. The Morgan fingerprint density at radius 2 is 2.12 bits per heavy atom. The SMILES string of the molecule is COc1cc(CC(C)[PH](=O)O)ccc1Nc1ncc(C(F)(F)F)c(Cl)n1. The van der Waals surface area contributed by atoms with E-state index in [0.717, 1.165) is 5.56 Å². The predicted molar refractivity (Wildman–Crippen MR) is 92.7 cm³/mol. The highest BCUT2D eigenvalue weighted by Gasteiger charge is 2.34. The minimum absolute atomic E-state index is 0.122. The summed E-state index contributed by atoms with van der Waals surface area (Å²) in [6.45, 7) is 1.66. The summed E-state index contributed by atoms with van der Waals surface area (Å²) in [5.41, 5.74) is -0.323. The lowest BCUT2D eigenvalue weighted by Gasteiger charge is -2.14. The molecule has 0 fully saturated rings. The number of aromatic nitrogens is 2. The van der Waals surface area contributed by atoms with Gasteiger partial charge in [0.15, 0.2) is 8.03 Å². The van der Waals surface area contributed by atoms with Crippen molar-refractivity contribution in [3.8, 4) is 5.75 Å². The molecular formula is C15H16ClF3N3O3P. The number of alkyl halides is 3. The normalized spacial score (nSPS) is 14.0. The number of hydrogen-bond donors (Lipinski definition) is 2. The van der Waals surface area contributed by atoms with Gasteiger partial charge in [-0.2, -0.15) is 13.2 Å². The van der Waals surface area contributed by atoms with Gasteiger partial charge in [-0.3, -0.25) is 4.57 Å². The van der Waals surface area contributed by atoms with Gasteiger partial charge in [0.05, 0.1) is 12.8 Å². The zero-order chi connectivity index (χ0) is 19.5. The van der Waals surface area contributed by atoms with Gasteiger partial charge in [-0.05, 0) is 24.1 Å². The van der Waals surface area contributed by atoms with E-state index in [1.54, 1.807) is 25.1 Å². The van der Waals surface area contributed by atoms with E-state index in [9.17, 15) is 17.7 Å². The summed E-state index contributed by atoms with van der Waals surface area (Å²) in [4.78, 5) is 16.4. The van der Waals surface area contributed by atoms with Gasteiger partial charge in [-0.15, -0.1) is 0 Å². The Morgan fingerprint density at radius 3 is 2.65 bits per heavy atom. The molecule has 142 valence electrons. The molecule has 26 heavy (non-hydrogen) atoms. The van der Waals surface area contributed by atoms with Crippen molar-refractivity contribution in [2.75, 3.05) is 12.4 Å². The highest BCUT2D eigenvalue weighted by atomic mass is 35.5. The smallest absolute Gasteiger partial charge is 0.420 e. The largest absolute Gasteiger partial charge is 0.495 e. The van der Waals surface area contributed by atoms with E-state index in [4.69, 9.17) is 21.2 Å². The maximum atomic E-state index is 12.7. The number of nitrogens with one attached hydrogen (secondary N) is 1. The summed E-state index contributed by atoms with van der Waals surface area (Å²) in [5, 5.41) is 2.03. The molecule has 0 aliphatic heterocycles. The average Bonchev–Trinajstić information content (AvgIpc) is 2.54. The van der Waals surface area contributed by atoms with Crippen molar-refractivity contribution in [3.05, 3.63) is 40.7 Å². The van der Waals surface area contributed by atoms with Crippen LogP contribution in [-0.4, -0.2) is 27.6 Å². The van der Waals surface area contributed by atoms with Crippen LogP contribution in [0, 0.1) is 0 Å². The Kier molecular flexibility index (Phi) is 6.49. The number of methoxy groups -OCH3 is 1. The number of rotatable bonds is 6. The molecule has 2 atom stereocenters. The van der Waals surface area contributed by atoms with Crippen LogP contribution < -0.4 is 10.1 Å². The molecule has 1 aromatic carbocycles. The van der Waals surface area contributed by atoms with Gasteiger partial charge >= 0.3 is 6.18 Å². The number of nitrogens with zero attached hydrogens (tertiary/aromatic N) is 2. The second kappa shape index (κ2) is 8.24. The molecule has 0 saturated heterocycles. The fraction of sp³-hybridized carbons (Fsp3) is 0.333. The maximum absolute atomic E-state index is 12.7. The van der Waals surface area contributed by atoms with Gasteiger partial charge in [-0.1, -0.05) is 24.6 Å². The first kappa shape index (κ1) is 20.5. The first-order chi connectivity index (χ1) is 12.1. The van der Waals surface area contributed by atoms with Crippen LogP contribution in [-0.2, 0) is 17.2 Å². The van der Waals surface area contributed by atoms with Crippen molar-refractivity contribution in [1.29, 1.82) is 0 Å². The first-order valence-electron chi connectivity index (χ1n) is 7.38. The van der Waals surface area contributed by atoms with Crippen LogP contribution in [0.25, 0.3) is 0 Å². The van der Waals surface area contributed by atoms with Crippen molar-refractivity contribution in [1.82, 2.24) is 9.97 Å². The lowest BCUT2D eigenvalue weighted by Crippen LogP contribution is -2.09. The highest BCUT2D eigenvalue weighted by molar-refractivity contribution is 7.38. The van der Waals surface area contributed by atoms with Gasteiger partial charge in [0.25, 0.3) is 0 Å². The lowest BCUT2D eigenvalue weighted by molar-refractivity contribution is -0.137. The van der Waals surface area contributed by atoms with Crippen molar-refractivity contribution in [2.24, 2.45) is 0 Å². The van der Waals surface area contributed by atoms with Crippen LogP contribution in [0.5, 0.6) is 5.75 Å². The van der Waals surface area contributed by atoms with Crippen LogP contribution in [0.1, 0.15) is 18.1 Å². The Hall–Kier alpha value is -1.83. The summed E-state index contributed by atoms with van der Waals surface area (Å²) in [7, 11) is -1.22. The predicted octanol–water partition coefficient (Wildman–Crippen LogP) is 4.30. The molecule has 1 heterocycles. The van der Waals surface area contributed by atoms with Crippen molar-refractivity contribution >= 4 is 31.3 Å². The molecule has 0 bridgehead atoms. The molecule has 0 spiro atoms. The lowest BCUT2D eigenvalue weighted by atomic mass is 10.1. The molecule has 2 N–H and O–H groups in total. The third-order valence-corrected chi connectivity index (χ3v) is 4.86. The Bertz CT molecular complexity index is 820. The summed E-state index contributed by atoms with van der Waals surface area (Å²) in [5.74, 6) is 0.259. The van der Waals surface area contributed by atoms with E-state index in [1.165, 1.54) is 7.11 Å². The zero-order valence-corrected chi connectivity index (χ0v) is 15.5. The minimum atomic E-state index is -4.64. The monoisotopic (exact) mass is 409 g/mol. The third kappa shape index (κ3) is 5.09. The molecule has 0 radical (unpaired) electrons. The van der Waals surface area contributed by atoms with Crippen LogP contribution in [0.2, 0.25) is 5.15 Å². The van der Waals surface area contributed by atoms with E-state index >= 15 is 0 Å². The van der Waals surface area contributed by atoms with Crippen molar-refractivity contribution in [2.45, 2.75) is 25.2 Å². The number of hydrogen-bond acceptors (Lipinski definition) is 5. The topological polar surface area (TPSA) is 84.3 Å². The fourth-order valence-corrected chi connectivity index (χ4v) is 2.78. The Balaban J connectivity index is 2.24. The van der Waals surface area contributed by atoms with E-state index in [0.29, 0.717) is 24.1 Å². The number of anilines is 2. The molecule has 0 aliphatic rings. The summed E-state index contributed by atoms with van der Waals surface area (Å²) in [6.07, 6.45) is -3.66. The highest BCUT2D eigenvalue weighted by Crippen LogP contribution is 2.35. The van der Waals surface area contributed by atoms with E-state index in [1.807, 2.05) is 0 Å². The molecule has 0 aliphatic carbocycles. The molecule has 2 unspecified atom stereocenters. The zero-order valence-electron chi connectivity index (χ0n) is 13.8. The third-order valence-electron chi connectivity index (χ3n) is 3.52. The van der Waals surface area contributed by atoms with Gasteiger partial charge in [-0.25, -0.2) is 9.97 Å². The molecule has 0 saturated carbocycles. The molecule has 2 rings (SSSR count). The number of ether oxygens (including phenoxy) is 1. The Labute approximate surface area is 153 Å². The van der Waals surface area contributed by atoms with Crippen molar-refractivity contribution in [3.63, 3.8) is 0 Å². The van der Waals surface area contributed by atoms with E-state index in [2.05, 4.69) is 15.3 Å². The molecule has 6 nitrogen and oxygen atoms in total. The quantitative estimate of drug-likeness (QED) is 0.546. The molecule has 1 aromatic heterocycles. The van der Waals surface area contributed by atoms with Crippen LogP contribution in [0.15, 0.2) is 24.4 Å². The average molecular weight is 410 g/mol. The fourth-order valence-electron chi connectivity index (χ4n) is 2.14. The van der Waals surface area contributed by atoms with Crippen LogP contribution in [0.4, 0.5) is 24.8 Å². The van der Waals surface area contributed by atoms with Gasteiger partial charge in [0, 0.05) is 11.9 Å². The van der Waals surface area contributed by atoms with Gasteiger partial charge < -0.3 is 14.9 Å². The van der Waals surface area contributed by atoms with Gasteiger partial charge in [0.2, 0.25) is 5.95 Å². The second-order valence-electron chi connectivity index (χ2n) is 5.50. The number of benzene rings is 1. The molecule has 11 heteroatoms. The van der Waals surface area contributed by atoms with Crippen LogP contribution >= 0.6 is 19.6 Å². The summed E-state index contributed by atoms with van der Waals surface area (Å²) >= 11 is 5.57. The van der Waals surface area contributed by atoms with Crippen LogP contribution in [0.3, 0.4) is 0 Å². The standard InChI is InChI=1S/C15H16ClF3N3O3P/c1-8(26(23)24)5-9-3-4-11(12(6-9)25-2)21-14-20-7-10(13(16)22-14)15(17,18)19/h3-4,6-8,26H,5H2,1-2H3,(H,23,24)(H,20,21,22). The number of halogens is 4. The van der Waals surface area contributed by atoms with E-state index < -0.39 is 24.9 Å². The summed E-state index contributed by atoms with van der Waals surface area (Å²) < 4.78 is 54.4. The summed E-state index contributed by atoms with van der Waals surface area (Å²) in [6, 6.07) is 4.98. The molecular weight excluding hydrogens is 394 g/mol. The molecule has 2 aromatic rings. The van der Waals surface area contributed by atoms with E-state index in [-0.39, 0.29) is 11.6 Å². The van der Waals surface area contributed by atoms with Crippen molar-refractivity contribution < 1.29 is 27.4 Å². The maximum Gasteiger partial charge on any atom is 0.420 e.